The van der Waals surface area contributed by atoms with Crippen LogP contribution >= 0.6 is 12.2 Å². The van der Waals surface area contributed by atoms with Gasteiger partial charge in [-0.2, -0.15) is 0 Å². The third kappa shape index (κ3) is 3.93. The molecule has 3 heteroatoms. The Morgan fingerprint density at radius 3 is 2.31 bits per heavy atom. The third-order valence-electron chi connectivity index (χ3n) is 3.53. The molecule has 1 heterocycles. The zero-order chi connectivity index (χ0) is 12.2. The molecule has 1 aliphatic heterocycles. The Morgan fingerprint density at radius 2 is 1.88 bits per heavy atom. The van der Waals surface area contributed by atoms with Gasteiger partial charge in [0.15, 0.2) is 5.11 Å². The predicted octanol–water partition coefficient (Wildman–Crippen LogP) is 3.03. The molecule has 0 radical (unpaired) electrons. The second-order valence-corrected chi connectivity index (χ2v) is 6.25. The van der Waals surface area contributed by atoms with Gasteiger partial charge in [0.25, 0.3) is 0 Å². The molecule has 0 atom stereocenters. The topological polar surface area (TPSA) is 15.3 Å². The van der Waals surface area contributed by atoms with Crippen LogP contribution in [-0.4, -0.2) is 29.6 Å². The van der Waals surface area contributed by atoms with Crippen LogP contribution in [-0.2, 0) is 0 Å². The van der Waals surface area contributed by atoms with Crippen LogP contribution in [0.15, 0.2) is 0 Å². The molecule has 0 unspecified atom stereocenters. The molecular formula is C13H26N2S. The molecule has 1 rings (SSSR count). The van der Waals surface area contributed by atoms with Crippen molar-refractivity contribution in [3.8, 4) is 0 Å². The maximum absolute atomic E-state index is 5.39. The van der Waals surface area contributed by atoms with Crippen LogP contribution in [0, 0.1) is 11.3 Å². The maximum Gasteiger partial charge on any atom is 0.168 e. The van der Waals surface area contributed by atoms with Gasteiger partial charge in [0.2, 0.25) is 0 Å². The van der Waals surface area contributed by atoms with E-state index in [0.29, 0.717) is 5.41 Å². The van der Waals surface area contributed by atoms with Crippen molar-refractivity contribution in [2.45, 2.75) is 47.0 Å². The second-order valence-electron chi connectivity index (χ2n) is 5.86. The molecule has 1 aliphatic rings. The number of nitrogens with one attached hydrogen (secondary N) is 1. The Balaban J connectivity index is 2.34. The van der Waals surface area contributed by atoms with Gasteiger partial charge >= 0.3 is 0 Å². The Hall–Kier alpha value is -0.310. The molecule has 1 saturated heterocycles. The van der Waals surface area contributed by atoms with Crippen LogP contribution in [0.25, 0.3) is 0 Å². The summed E-state index contributed by atoms with van der Waals surface area (Å²) in [5.41, 5.74) is 0.449. The monoisotopic (exact) mass is 242 g/mol. The van der Waals surface area contributed by atoms with Crippen molar-refractivity contribution in [1.82, 2.24) is 10.2 Å². The van der Waals surface area contributed by atoms with E-state index in [2.05, 4.69) is 37.9 Å². The van der Waals surface area contributed by atoms with Crippen LogP contribution in [0.4, 0.5) is 0 Å². The summed E-state index contributed by atoms with van der Waals surface area (Å²) in [5.74, 6) is 0.845. The highest BCUT2D eigenvalue weighted by Crippen LogP contribution is 2.34. The minimum absolute atomic E-state index is 0.449. The second kappa shape index (κ2) is 5.85. The predicted molar refractivity (Wildman–Crippen MR) is 74.6 cm³/mol. The van der Waals surface area contributed by atoms with E-state index in [4.69, 9.17) is 12.2 Å². The first-order chi connectivity index (χ1) is 7.45. The van der Waals surface area contributed by atoms with Gasteiger partial charge in [0.05, 0.1) is 0 Å². The maximum atomic E-state index is 5.39. The van der Waals surface area contributed by atoms with Gasteiger partial charge in [-0.05, 0) is 42.8 Å². The van der Waals surface area contributed by atoms with E-state index >= 15 is 0 Å². The molecule has 0 saturated carbocycles. The molecular weight excluding hydrogens is 216 g/mol. The smallest absolute Gasteiger partial charge is 0.168 e. The van der Waals surface area contributed by atoms with Crippen LogP contribution in [0.5, 0.6) is 0 Å². The van der Waals surface area contributed by atoms with Crippen molar-refractivity contribution in [2.24, 2.45) is 11.3 Å². The third-order valence-corrected chi connectivity index (χ3v) is 3.94. The summed E-state index contributed by atoms with van der Waals surface area (Å²) in [4.78, 5) is 2.33. The number of hydrogen-bond donors (Lipinski definition) is 1. The minimum Gasteiger partial charge on any atom is -0.363 e. The highest BCUT2D eigenvalue weighted by Gasteiger charge is 2.29. The Bertz CT molecular complexity index is 225. The van der Waals surface area contributed by atoms with Crippen molar-refractivity contribution >= 4 is 17.3 Å². The fraction of sp³-hybridized carbons (Fsp3) is 0.923. The molecule has 94 valence electrons. The summed E-state index contributed by atoms with van der Waals surface area (Å²) < 4.78 is 0. The van der Waals surface area contributed by atoms with E-state index in [0.717, 1.165) is 37.1 Å². The molecule has 0 amide bonds. The molecule has 0 bridgehead atoms. The number of nitrogens with zero attached hydrogens (tertiary/aromatic N) is 1. The summed E-state index contributed by atoms with van der Waals surface area (Å²) >= 11 is 5.39. The lowest BCUT2D eigenvalue weighted by Gasteiger charge is -2.39. The van der Waals surface area contributed by atoms with Gasteiger partial charge in [0, 0.05) is 19.6 Å². The van der Waals surface area contributed by atoms with Crippen LogP contribution in [0.3, 0.4) is 0 Å². The zero-order valence-electron chi connectivity index (χ0n) is 11.2. The van der Waals surface area contributed by atoms with Gasteiger partial charge in [-0.1, -0.05) is 27.7 Å². The fourth-order valence-electron chi connectivity index (χ4n) is 2.29. The molecule has 1 fully saturated rings. The van der Waals surface area contributed by atoms with Crippen molar-refractivity contribution in [3.63, 3.8) is 0 Å². The van der Waals surface area contributed by atoms with Crippen molar-refractivity contribution in [2.75, 3.05) is 19.6 Å². The number of piperidine rings is 1. The summed E-state index contributed by atoms with van der Waals surface area (Å²) in [6.07, 6.45) is 3.69. The standard InChI is InChI=1S/C13H26N2S/c1-5-8-14-12(16)15-9-6-11(7-10-15)13(2,3)4/h11H,5-10H2,1-4H3,(H,14,16). The minimum atomic E-state index is 0.449. The van der Waals surface area contributed by atoms with E-state index in [1.165, 1.54) is 12.8 Å². The van der Waals surface area contributed by atoms with E-state index in [-0.39, 0.29) is 0 Å². The zero-order valence-corrected chi connectivity index (χ0v) is 12.0. The number of thiocarbonyl (C=S) groups is 1. The number of hydrogen-bond acceptors (Lipinski definition) is 1. The molecule has 16 heavy (non-hydrogen) atoms. The quantitative estimate of drug-likeness (QED) is 0.749. The van der Waals surface area contributed by atoms with Gasteiger partial charge in [-0.15, -0.1) is 0 Å². The largest absolute Gasteiger partial charge is 0.363 e. The van der Waals surface area contributed by atoms with Gasteiger partial charge < -0.3 is 10.2 Å². The SMILES string of the molecule is CCCNC(=S)N1CCC(C(C)(C)C)CC1. The van der Waals surface area contributed by atoms with Crippen molar-refractivity contribution in [1.29, 1.82) is 0 Å². The molecule has 1 N–H and O–H groups in total. The fourth-order valence-corrected chi connectivity index (χ4v) is 2.58. The first-order valence-corrected chi connectivity index (χ1v) is 6.88. The van der Waals surface area contributed by atoms with Crippen LogP contribution in [0.2, 0.25) is 0 Å². The lowest BCUT2D eigenvalue weighted by molar-refractivity contribution is 0.149. The summed E-state index contributed by atoms with van der Waals surface area (Å²) in [6.45, 7) is 12.5. The Morgan fingerprint density at radius 1 is 1.31 bits per heavy atom. The van der Waals surface area contributed by atoms with Gasteiger partial charge in [-0.25, -0.2) is 0 Å². The lowest BCUT2D eigenvalue weighted by Crippen LogP contribution is -2.46. The lowest BCUT2D eigenvalue weighted by atomic mass is 9.75. The van der Waals surface area contributed by atoms with Gasteiger partial charge in [-0.3, -0.25) is 0 Å². The molecule has 0 aliphatic carbocycles. The van der Waals surface area contributed by atoms with E-state index < -0.39 is 0 Å². The average molecular weight is 242 g/mol. The average Bonchev–Trinajstić information content (AvgIpc) is 2.25. The van der Waals surface area contributed by atoms with Crippen LogP contribution in [0.1, 0.15) is 47.0 Å². The van der Waals surface area contributed by atoms with Crippen LogP contribution < -0.4 is 5.32 Å². The summed E-state index contributed by atoms with van der Waals surface area (Å²) in [5, 5.41) is 4.27. The summed E-state index contributed by atoms with van der Waals surface area (Å²) in [7, 11) is 0. The van der Waals surface area contributed by atoms with Gasteiger partial charge in [0.1, 0.15) is 0 Å². The molecule has 0 spiro atoms. The van der Waals surface area contributed by atoms with E-state index in [9.17, 15) is 0 Å². The van der Waals surface area contributed by atoms with Crippen molar-refractivity contribution in [3.05, 3.63) is 0 Å². The number of rotatable bonds is 2. The molecule has 0 aromatic heterocycles. The highest BCUT2D eigenvalue weighted by molar-refractivity contribution is 7.80. The molecule has 0 aromatic rings. The van der Waals surface area contributed by atoms with Crippen molar-refractivity contribution < 1.29 is 0 Å². The highest BCUT2D eigenvalue weighted by atomic mass is 32.1. The van der Waals surface area contributed by atoms with E-state index in [1.54, 1.807) is 0 Å². The Kier molecular flexibility index (Phi) is 5.03. The first-order valence-electron chi connectivity index (χ1n) is 6.48. The Labute approximate surface area is 106 Å². The molecule has 2 nitrogen and oxygen atoms in total. The molecule has 0 aromatic carbocycles. The summed E-state index contributed by atoms with van der Waals surface area (Å²) in [6, 6.07) is 0. The normalized spacial score (nSPS) is 18.6. The first kappa shape index (κ1) is 13.8. The van der Waals surface area contributed by atoms with E-state index in [1.807, 2.05) is 0 Å². The number of likely N-dealkylation sites (tertiary alicyclic amines) is 1.